The van der Waals surface area contributed by atoms with Crippen LogP contribution < -0.4 is 0 Å². The molecule has 0 fully saturated rings. The molecule has 6 atom stereocenters. The fraction of sp³-hybridized carbons (Fsp3) is 1.00. The van der Waals surface area contributed by atoms with Gasteiger partial charge in [-0.3, -0.25) is 0 Å². The zero-order chi connectivity index (χ0) is 33.5. The third-order valence-corrected chi connectivity index (χ3v) is 12.9. The number of hydrogen-bond donors (Lipinski definition) is 0. The summed E-state index contributed by atoms with van der Waals surface area (Å²) in [5, 5.41) is -4.17. The third kappa shape index (κ3) is 5.80. The van der Waals surface area contributed by atoms with Gasteiger partial charge < -0.3 is 0 Å². The van der Waals surface area contributed by atoms with Gasteiger partial charge in [0.1, 0.15) is 0 Å². The summed E-state index contributed by atoms with van der Waals surface area (Å²) < 4.78 is 131. The molecule has 0 nitrogen and oxygen atoms in total. The van der Waals surface area contributed by atoms with Crippen molar-refractivity contribution in [1.82, 2.24) is 0 Å². The van der Waals surface area contributed by atoms with Crippen LogP contribution in [0.2, 0.25) is 0 Å². The molecule has 0 rings (SSSR count). The average Bonchev–Trinajstić information content (AvgIpc) is 2.88. The molecule has 0 saturated carbocycles. The first kappa shape index (κ1) is 40.7. The van der Waals surface area contributed by atoms with Gasteiger partial charge in [-0.1, -0.05) is 115 Å². The second-order valence-electron chi connectivity index (χ2n) is 14.6. The normalized spacial score (nSPS) is 22.6. The Hall–Kier alpha value is -0.270. The monoisotopic (exact) mass is 628 g/mol. The van der Waals surface area contributed by atoms with Crippen LogP contribution in [0.3, 0.4) is 0 Å². The van der Waals surface area contributed by atoms with Crippen LogP contribution in [0.4, 0.5) is 35.1 Å². The molecular formula is C32H57ClF8. The highest BCUT2D eigenvalue weighted by molar-refractivity contribution is 6.24. The summed E-state index contributed by atoms with van der Waals surface area (Å²) in [4.78, 5) is 0. The molecule has 0 saturated heterocycles. The standard InChI is InChI=1S/C32H57ClF8/c1-15-23(7,8)21-29(35,36)27(13,19-5)28(14,20-6)32(40,41)31(33,39)26(12,18-4)25(11,17-3)22(34)30(37,38)24(9,10)16-2/h22H,15-21H2,1-14H3. The molecule has 0 aromatic carbocycles. The van der Waals surface area contributed by atoms with Gasteiger partial charge in [0.15, 0.2) is 6.17 Å². The van der Waals surface area contributed by atoms with Crippen LogP contribution in [0.1, 0.15) is 142 Å². The summed E-state index contributed by atoms with van der Waals surface area (Å²) >= 11 is 6.30. The fourth-order valence-corrected chi connectivity index (χ4v) is 7.00. The van der Waals surface area contributed by atoms with Gasteiger partial charge in [0, 0.05) is 33.5 Å². The maximum atomic E-state index is 17.2. The van der Waals surface area contributed by atoms with E-state index in [1.807, 2.05) is 0 Å². The van der Waals surface area contributed by atoms with Gasteiger partial charge in [-0.25, -0.2) is 35.1 Å². The average molecular weight is 629 g/mol. The zero-order valence-corrected chi connectivity index (χ0v) is 28.7. The van der Waals surface area contributed by atoms with Crippen molar-refractivity contribution >= 4 is 11.6 Å². The first-order valence-corrected chi connectivity index (χ1v) is 15.5. The van der Waals surface area contributed by atoms with Crippen LogP contribution >= 0.6 is 11.6 Å². The number of rotatable bonds is 17. The molecule has 0 amide bonds. The highest BCUT2D eigenvalue weighted by Gasteiger charge is 2.80. The van der Waals surface area contributed by atoms with E-state index in [1.165, 1.54) is 34.6 Å². The molecule has 0 aliphatic rings. The lowest BCUT2D eigenvalue weighted by molar-refractivity contribution is -0.314. The van der Waals surface area contributed by atoms with Crippen molar-refractivity contribution in [3.05, 3.63) is 0 Å². The van der Waals surface area contributed by atoms with Crippen LogP contribution in [0.15, 0.2) is 0 Å². The Morgan fingerprint density at radius 3 is 1.22 bits per heavy atom. The molecule has 0 aliphatic heterocycles. The Labute approximate surface area is 250 Å². The predicted octanol–water partition coefficient (Wildman–Crippen LogP) is 13.1. The van der Waals surface area contributed by atoms with Crippen molar-refractivity contribution in [3.8, 4) is 0 Å². The lowest BCUT2D eigenvalue weighted by Crippen LogP contribution is -2.70. The van der Waals surface area contributed by atoms with Gasteiger partial charge in [-0.2, -0.15) is 0 Å². The van der Waals surface area contributed by atoms with Crippen molar-refractivity contribution in [3.63, 3.8) is 0 Å². The van der Waals surface area contributed by atoms with E-state index < -0.39 is 93.7 Å². The third-order valence-electron chi connectivity index (χ3n) is 12.2. The number of alkyl halides is 9. The second-order valence-corrected chi connectivity index (χ2v) is 15.1. The Balaban J connectivity index is 7.57. The van der Waals surface area contributed by atoms with Gasteiger partial charge in [-0.05, 0) is 37.5 Å². The Kier molecular flexibility index (Phi) is 12.2. The van der Waals surface area contributed by atoms with E-state index in [0.717, 1.165) is 41.5 Å². The Morgan fingerprint density at radius 2 is 0.927 bits per heavy atom. The largest absolute Gasteiger partial charge is 0.301 e. The molecule has 0 radical (unpaired) electrons. The summed E-state index contributed by atoms with van der Waals surface area (Å²) in [6.45, 7) is 17.9. The molecule has 41 heavy (non-hydrogen) atoms. The molecule has 248 valence electrons. The van der Waals surface area contributed by atoms with E-state index in [4.69, 9.17) is 11.6 Å². The smallest absolute Gasteiger partial charge is 0.240 e. The molecule has 0 heterocycles. The lowest BCUT2D eigenvalue weighted by Gasteiger charge is -2.61. The van der Waals surface area contributed by atoms with E-state index in [9.17, 15) is 0 Å². The molecule has 0 spiro atoms. The number of hydrogen-bond acceptors (Lipinski definition) is 0. The molecule has 0 aromatic heterocycles. The highest BCUT2D eigenvalue weighted by atomic mass is 35.5. The van der Waals surface area contributed by atoms with Gasteiger partial charge in [-0.15, -0.1) is 0 Å². The Bertz CT molecular complexity index is 870. The maximum absolute atomic E-state index is 17.2. The van der Waals surface area contributed by atoms with Gasteiger partial charge in [0.2, 0.25) is 0 Å². The van der Waals surface area contributed by atoms with E-state index in [2.05, 4.69) is 0 Å². The van der Waals surface area contributed by atoms with Crippen molar-refractivity contribution < 1.29 is 35.1 Å². The summed E-state index contributed by atoms with van der Waals surface area (Å²) in [6.07, 6.45) is -5.58. The summed E-state index contributed by atoms with van der Waals surface area (Å²) in [7, 11) is 0. The minimum absolute atomic E-state index is 0.132. The Morgan fingerprint density at radius 1 is 0.537 bits per heavy atom. The second kappa shape index (κ2) is 12.3. The quantitative estimate of drug-likeness (QED) is 0.111. The van der Waals surface area contributed by atoms with Gasteiger partial charge >= 0.3 is 5.92 Å². The minimum Gasteiger partial charge on any atom is -0.240 e. The van der Waals surface area contributed by atoms with Crippen molar-refractivity contribution in [2.24, 2.45) is 32.5 Å². The van der Waals surface area contributed by atoms with E-state index in [1.54, 1.807) is 20.8 Å². The molecule has 0 aliphatic carbocycles. The molecule has 9 heteroatoms. The van der Waals surface area contributed by atoms with Crippen LogP contribution in [0, 0.1) is 32.5 Å². The zero-order valence-electron chi connectivity index (χ0n) is 27.9. The number of halogens is 9. The maximum Gasteiger partial charge on any atom is 0.301 e. The van der Waals surface area contributed by atoms with Crippen LogP contribution in [-0.4, -0.2) is 29.1 Å². The molecule has 0 bridgehead atoms. The first-order valence-electron chi connectivity index (χ1n) is 15.1. The predicted molar refractivity (Wildman–Crippen MR) is 156 cm³/mol. The SMILES string of the molecule is CCC(C)(C)CC(F)(F)C(C)(CC)C(C)(CC)C(F)(F)C(F)(Cl)C(C)(CC)C(C)(CC)C(F)C(F)(F)C(C)(C)CC. The molecule has 0 N–H and O–H groups in total. The minimum atomic E-state index is -4.70. The van der Waals surface area contributed by atoms with Gasteiger partial charge in [0.25, 0.3) is 17.0 Å². The van der Waals surface area contributed by atoms with E-state index in [0.29, 0.717) is 6.42 Å². The van der Waals surface area contributed by atoms with Crippen molar-refractivity contribution in [2.75, 3.05) is 0 Å². The molecule has 6 unspecified atom stereocenters. The van der Waals surface area contributed by atoms with Crippen LogP contribution in [0.5, 0.6) is 0 Å². The highest BCUT2D eigenvalue weighted by Crippen LogP contribution is 2.72. The fourth-order valence-electron chi connectivity index (χ4n) is 6.44. The van der Waals surface area contributed by atoms with Gasteiger partial charge in [0.05, 0.1) is 0 Å². The van der Waals surface area contributed by atoms with E-state index >= 15 is 35.1 Å². The van der Waals surface area contributed by atoms with E-state index in [-0.39, 0.29) is 6.42 Å². The summed E-state index contributed by atoms with van der Waals surface area (Å²) in [6, 6.07) is 0. The summed E-state index contributed by atoms with van der Waals surface area (Å²) in [5.74, 6) is -12.4. The lowest BCUT2D eigenvalue weighted by atomic mass is 9.49. The van der Waals surface area contributed by atoms with Crippen LogP contribution in [-0.2, 0) is 0 Å². The van der Waals surface area contributed by atoms with Crippen LogP contribution in [0.25, 0.3) is 0 Å². The summed E-state index contributed by atoms with van der Waals surface area (Å²) in [5.41, 5.74) is -13.0. The topological polar surface area (TPSA) is 0 Å². The van der Waals surface area contributed by atoms with Crippen molar-refractivity contribution in [1.29, 1.82) is 0 Å². The van der Waals surface area contributed by atoms with Crippen molar-refractivity contribution in [2.45, 2.75) is 171 Å². The molecular weight excluding hydrogens is 572 g/mol. The molecule has 0 aromatic rings. The first-order chi connectivity index (χ1) is 18.0.